The van der Waals surface area contributed by atoms with E-state index in [2.05, 4.69) is 4.98 Å². The number of aromatic nitrogens is 1. The predicted molar refractivity (Wildman–Crippen MR) is 39.9 cm³/mol. The Kier molecular flexibility index (Phi) is 1.93. The van der Waals surface area contributed by atoms with Crippen molar-refractivity contribution in [2.75, 3.05) is 12.8 Å². The van der Waals surface area contributed by atoms with E-state index in [0.717, 1.165) is 0 Å². The summed E-state index contributed by atoms with van der Waals surface area (Å²) >= 11 is 0. The first kappa shape index (κ1) is 7.35. The molecule has 0 aliphatic carbocycles. The third-order valence-electron chi connectivity index (χ3n) is 1.19. The van der Waals surface area contributed by atoms with Gasteiger partial charge in [0.15, 0.2) is 0 Å². The molecule has 1 rings (SSSR count). The van der Waals surface area contributed by atoms with E-state index in [0.29, 0.717) is 17.1 Å². The molecule has 0 saturated heterocycles. The summed E-state index contributed by atoms with van der Waals surface area (Å²) in [4.78, 5) is 3.80. The van der Waals surface area contributed by atoms with Gasteiger partial charge in [-0.1, -0.05) is 0 Å². The number of nitriles is 1. The largest absolute Gasteiger partial charge is 0.480 e. The second-order valence-corrected chi connectivity index (χ2v) is 1.94. The Bertz CT molecular complexity index is 303. The minimum Gasteiger partial charge on any atom is -0.480 e. The fourth-order valence-corrected chi connectivity index (χ4v) is 0.711. The molecule has 0 saturated carbocycles. The van der Waals surface area contributed by atoms with E-state index in [-0.39, 0.29) is 0 Å². The maximum Gasteiger partial charge on any atom is 0.231 e. The highest BCUT2D eigenvalue weighted by Gasteiger charge is 2.02. The molecule has 1 aromatic rings. The van der Waals surface area contributed by atoms with Crippen molar-refractivity contribution in [1.29, 1.82) is 5.26 Å². The summed E-state index contributed by atoms with van der Waals surface area (Å²) in [5.74, 6) is 0.307. The van der Waals surface area contributed by atoms with Crippen LogP contribution in [0.5, 0.6) is 5.88 Å². The number of methoxy groups -OCH3 is 1. The van der Waals surface area contributed by atoms with Crippen molar-refractivity contribution in [1.82, 2.24) is 4.98 Å². The first-order valence-corrected chi connectivity index (χ1v) is 2.97. The smallest absolute Gasteiger partial charge is 0.231 e. The van der Waals surface area contributed by atoms with Crippen molar-refractivity contribution in [3.63, 3.8) is 0 Å². The van der Waals surface area contributed by atoms with Gasteiger partial charge in [-0.3, -0.25) is 0 Å². The van der Waals surface area contributed by atoms with Crippen molar-refractivity contribution in [2.45, 2.75) is 0 Å². The number of nitrogens with zero attached hydrogens (tertiary/aromatic N) is 2. The SMILES string of the molecule is COc1ncc(N)cc1C#N. The monoisotopic (exact) mass is 149 g/mol. The minimum atomic E-state index is 0.307. The van der Waals surface area contributed by atoms with Crippen LogP contribution >= 0.6 is 0 Å². The van der Waals surface area contributed by atoms with Gasteiger partial charge in [-0.05, 0) is 6.07 Å². The summed E-state index contributed by atoms with van der Waals surface area (Å²) < 4.78 is 4.80. The molecule has 4 nitrogen and oxygen atoms in total. The number of hydrogen-bond donors (Lipinski definition) is 1. The van der Waals surface area contributed by atoms with Gasteiger partial charge in [-0.15, -0.1) is 0 Å². The Balaban J connectivity index is 3.19. The van der Waals surface area contributed by atoms with Crippen LogP contribution in [0.1, 0.15) is 5.56 Å². The fraction of sp³-hybridized carbons (Fsp3) is 0.143. The first-order valence-electron chi connectivity index (χ1n) is 2.97. The normalized spacial score (nSPS) is 8.73. The zero-order valence-corrected chi connectivity index (χ0v) is 6.03. The Labute approximate surface area is 64.2 Å². The summed E-state index contributed by atoms with van der Waals surface area (Å²) in [5, 5.41) is 8.55. The molecule has 2 N–H and O–H groups in total. The van der Waals surface area contributed by atoms with Gasteiger partial charge in [-0.2, -0.15) is 5.26 Å². The van der Waals surface area contributed by atoms with Gasteiger partial charge in [0.25, 0.3) is 0 Å². The third-order valence-corrected chi connectivity index (χ3v) is 1.19. The maximum atomic E-state index is 8.55. The highest BCUT2D eigenvalue weighted by Crippen LogP contribution is 2.15. The van der Waals surface area contributed by atoms with Crippen molar-refractivity contribution in [2.24, 2.45) is 0 Å². The summed E-state index contributed by atoms with van der Waals surface area (Å²) in [6, 6.07) is 3.44. The van der Waals surface area contributed by atoms with Crippen LogP contribution in [0.2, 0.25) is 0 Å². The van der Waals surface area contributed by atoms with E-state index < -0.39 is 0 Å². The van der Waals surface area contributed by atoms with E-state index >= 15 is 0 Å². The van der Waals surface area contributed by atoms with Gasteiger partial charge in [0.2, 0.25) is 5.88 Å². The molecule has 0 radical (unpaired) electrons. The summed E-state index contributed by atoms with van der Waals surface area (Å²) in [5.41, 5.74) is 6.20. The van der Waals surface area contributed by atoms with Crippen molar-refractivity contribution in [3.05, 3.63) is 17.8 Å². The molecule has 0 aliphatic heterocycles. The molecular formula is C7H7N3O. The van der Waals surface area contributed by atoms with Crippen LogP contribution in [0.25, 0.3) is 0 Å². The lowest BCUT2D eigenvalue weighted by Crippen LogP contribution is -1.94. The molecule has 0 unspecified atom stereocenters. The summed E-state index contributed by atoms with van der Waals surface area (Å²) in [6.45, 7) is 0. The average Bonchev–Trinajstić information content (AvgIpc) is 2.04. The highest BCUT2D eigenvalue weighted by atomic mass is 16.5. The molecule has 0 aliphatic rings. The highest BCUT2D eigenvalue weighted by molar-refractivity contribution is 5.48. The van der Waals surface area contributed by atoms with Crippen LogP contribution in [-0.2, 0) is 0 Å². The Morgan fingerprint density at radius 3 is 3.00 bits per heavy atom. The average molecular weight is 149 g/mol. The van der Waals surface area contributed by atoms with Gasteiger partial charge >= 0.3 is 0 Å². The van der Waals surface area contributed by atoms with Gasteiger partial charge in [0.05, 0.1) is 19.0 Å². The number of rotatable bonds is 1. The molecule has 0 aromatic carbocycles. The van der Waals surface area contributed by atoms with Gasteiger partial charge < -0.3 is 10.5 Å². The lowest BCUT2D eigenvalue weighted by atomic mass is 10.3. The molecule has 11 heavy (non-hydrogen) atoms. The van der Waals surface area contributed by atoms with E-state index in [9.17, 15) is 0 Å². The molecule has 0 fully saturated rings. The molecular weight excluding hydrogens is 142 g/mol. The van der Waals surface area contributed by atoms with Crippen LogP contribution in [0.3, 0.4) is 0 Å². The van der Waals surface area contributed by atoms with E-state index in [1.54, 1.807) is 0 Å². The van der Waals surface area contributed by atoms with Crippen molar-refractivity contribution >= 4 is 5.69 Å². The minimum absolute atomic E-state index is 0.307. The van der Waals surface area contributed by atoms with Crippen LogP contribution in [-0.4, -0.2) is 12.1 Å². The molecule has 1 aromatic heterocycles. The number of nitrogen functional groups attached to an aromatic ring is 1. The quantitative estimate of drug-likeness (QED) is 0.632. The number of pyridine rings is 1. The molecule has 56 valence electrons. The Hall–Kier alpha value is -1.76. The number of ether oxygens (including phenoxy) is 1. The molecule has 0 amide bonds. The lowest BCUT2D eigenvalue weighted by Gasteiger charge is -2.00. The fourth-order valence-electron chi connectivity index (χ4n) is 0.711. The third kappa shape index (κ3) is 1.38. The van der Waals surface area contributed by atoms with Crippen LogP contribution < -0.4 is 10.5 Å². The standard InChI is InChI=1S/C7H7N3O/c1-11-7-5(3-8)2-6(9)4-10-7/h2,4H,9H2,1H3. The van der Waals surface area contributed by atoms with Crippen molar-refractivity contribution < 1.29 is 4.74 Å². The molecule has 4 heteroatoms. The van der Waals surface area contributed by atoms with Gasteiger partial charge in [0, 0.05) is 0 Å². The first-order chi connectivity index (χ1) is 5.27. The zero-order chi connectivity index (χ0) is 8.27. The molecule has 0 atom stereocenters. The number of hydrogen-bond acceptors (Lipinski definition) is 4. The molecule has 1 heterocycles. The van der Waals surface area contributed by atoms with Gasteiger partial charge in [0.1, 0.15) is 11.6 Å². The molecule has 0 bridgehead atoms. The van der Waals surface area contributed by atoms with E-state index in [1.165, 1.54) is 19.4 Å². The maximum absolute atomic E-state index is 8.55. The van der Waals surface area contributed by atoms with Gasteiger partial charge in [-0.25, -0.2) is 4.98 Å². The number of anilines is 1. The van der Waals surface area contributed by atoms with Crippen molar-refractivity contribution in [3.8, 4) is 11.9 Å². The molecule has 0 spiro atoms. The Morgan fingerprint density at radius 2 is 2.45 bits per heavy atom. The second-order valence-electron chi connectivity index (χ2n) is 1.94. The topological polar surface area (TPSA) is 71.9 Å². The second kappa shape index (κ2) is 2.88. The summed E-state index contributed by atoms with van der Waals surface area (Å²) in [7, 11) is 1.46. The zero-order valence-electron chi connectivity index (χ0n) is 6.03. The number of nitrogens with two attached hydrogens (primary N) is 1. The van der Waals surface area contributed by atoms with Crippen LogP contribution in [0.4, 0.5) is 5.69 Å². The predicted octanol–water partition coefficient (Wildman–Crippen LogP) is 0.544. The Morgan fingerprint density at radius 1 is 1.73 bits per heavy atom. The summed E-state index contributed by atoms with van der Waals surface area (Å²) in [6.07, 6.45) is 1.44. The van der Waals surface area contributed by atoms with Crippen LogP contribution in [0.15, 0.2) is 12.3 Å². The van der Waals surface area contributed by atoms with Crippen LogP contribution in [0, 0.1) is 11.3 Å². The van der Waals surface area contributed by atoms with E-state index in [4.69, 9.17) is 15.7 Å². The lowest BCUT2D eigenvalue weighted by molar-refractivity contribution is 0.396. The van der Waals surface area contributed by atoms with E-state index in [1.807, 2.05) is 6.07 Å².